The molecule has 1 saturated carbocycles. The molecule has 2 amide bonds. The number of hydrogen-bond donors (Lipinski definition) is 4. The summed E-state index contributed by atoms with van der Waals surface area (Å²) in [5.41, 5.74) is -1.21. The van der Waals surface area contributed by atoms with Crippen LogP contribution in [0, 0.1) is 5.92 Å². The summed E-state index contributed by atoms with van der Waals surface area (Å²) in [6.45, 7) is 6.86. The first-order valence-electron chi connectivity index (χ1n) is 14.4. The van der Waals surface area contributed by atoms with E-state index < -0.39 is 29.9 Å². The number of ether oxygens (including phenoxy) is 1. The van der Waals surface area contributed by atoms with E-state index in [0.29, 0.717) is 38.8 Å². The molecule has 222 valence electrons. The van der Waals surface area contributed by atoms with E-state index in [-0.39, 0.29) is 24.5 Å². The molecule has 0 aromatic rings. The number of nitrogens with one attached hydrogen (secondary N) is 2. The number of carbonyl (C=O) groups excluding carboxylic acids is 2. The van der Waals surface area contributed by atoms with Crippen LogP contribution >= 0.6 is 12.1 Å². The molecule has 0 radical (unpaired) electrons. The van der Waals surface area contributed by atoms with Crippen LogP contribution in [0.25, 0.3) is 0 Å². The average molecular weight is 570 g/mol. The fourth-order valence-electron chi connectivity index (χ4n) is 5.35. The average Bonchev–Trinajstić information content (AvgIpc) is 3.37. The highest BCUT2D eigenvalue weighted by molar-refractivity contribution is 7.94. The van der Waals surface area contributed by atoms with Crippen LogP contribution in [0.15, 0.2) is 12.2 Å². The standard InChI is InChI=1S/C27H47N5O6S/c1-4-6-7-8-9-12-20-17-27(20,25(35)36)29-24(34)22-13-10-16-32(22)23(33)18-28-26(37)38-21(5-2)19-31-15-11-14-30(3)39-31/h9,12,20-22,24,29,34H,4-8,10-11,13-19H2,1-3H3,(H,28,37)(H,35,36)/b12-9-/t20?,21?,22-,24?,27+/m0/s1. The van der Waals surface area contributed by atoms with Crippen LogP contribution in [-0.2, 0) is 14.3 Å². The van der Waals surface area contributed by atoms with Crippen LogP contribution < -0.4 is 10.6 Å². The molecule has 3 fully saturated rings. The van der Waals surface area contributed by atoms with Gasteiger partial charge in [-0.2, -0.15) is 0 Å². The van der Waals surface area contributed by atoms with Crippen LogP contribution in [0.5, 0.6) is 0 Å². The summed E-state index contributed by atoms with van der Waals surface area (Å²) < 4.78 is 9.89. The molecule has 0 aromatic carbocycles. The normalized spacial score (nSPS) is 27.4. The van der Waals surface area contributed by atoms with E-state index >= 15 is 0 Å². The molecule has 2 aliphatic heterocycles. The lowest BCUT2D eigenvalue weighted by Crippen LogP contribution is -2.56. The predicted octanol–water partition coefficient (Wildman–Crippen LogP) is 2.57. The van der Waals surface area contributed by atoms with E-state index in [1.54, 1.807) is 12.1 Å². The Labute approximate surface area is 236 Å². The van der Waals surface area contributed by atoms with Crippen LogP contribution in [0.2, 0.25) is 0 Å². The van der Waals surface area contributed by atoms with Gasteiger partial charge in [0.1, 0.15) is 24.4 Å². The van der Waals surface area contributed by atoms with E-state index in [4.69, 9.17) is 4.74 Å². The minimum Gasteiger partial charge on any atom is -0.480 e. The highest BCUT2D eigenvalue weighted by Gasteiger charge is 2.60. The molecule has 39 heavy (non-hydrogen) atoms. The Kier molecular flexibility index (Phi) is 12.4. The number of carboxylic acids is 1. The number of rotatable bonds is 15. The molecule has 0 bridgehead atoms. The van der Waals surface area contributed by atoms with Gasteiger partial charge in [-0.1, -0.05) is 38.8 Å². The summed E-state index contributed by atoms with van der Waals surface area (Å²) in [6.07, 6.45) is 9.49. The third-order valence-electron chi connectivity index (χ3n) is 7.78. The molecule has 1 aliphatic carbocycles. The maximum atomic E-state index is 13.0. The van der Waals surface area contributed by atoms with Crippen LogP contribution in [0.4, 0.5) is 4.79 Å². The minimum absolute atomic E-state index is 0.191. The Hall–Kier alpha value is -1.86. The lowest BCUT2D eigenvalue weighted by molar-refractivity contribution is -0.143. The van der Waals surface area contributed by atoms with E-state index in [1.165, 1.54) is 4.90 Å². The number of unbranched alkanes of at least 4 members (excludes halogenated alkanes) is 3. The highest BCUT2D eigenvalue weighted by Crippen LogP contribution is 2.45. The Morgan fingerprint density at radius 3 is 2.67 bits per heavy atom. The number of aliphatic hydroxyl groups excluding tert-OH is 1. The van der Waals surface area contributed by atoms with E-state index in [9.17, 15) is 24.6 Å². The summed E-state index contributed by atoms with van der Waals surface area (Å²) in [5, 5.41) is 26.3. The van der Waals surface area contributed by atoms with Crippen molar-refractivity contribution in [3.05, 3.63) is 12.2 Å². The first-order valence-corrected chi connectivity index (χ1v) is 15.2. The number of alkyl carbamates (subject to hydrolysis) is 1. The number of aliphatic hydroxyl groups is 1. The number of carboxylic acid groups (broad SMARTS) is 1. The number of likely N-dealkylation sites (tertiary alicyclic amines) is 1. The van der Waals surface area contributed by atoms with Gasteiger partial charge in [0.05, 0.1) is 6.04 Å². The van der Waals surface area contributed by atoms with Crippen LogP contribution in [0.1, 0.15) is 71.6 Å². The third kappa shape index (κ3) is 9.07. The SMILES string of the molecule is CCCCC/C=C\C1C[C@]1(NC(O)[C@@H]1CCCN1C(=O)CNC(=O)OC(CC)CN1CCCN(C)S1)C(=O)O. The molecule has 0 aromatic heterocycles. The maximum Gasteiger partial charge on any atom is 0.407 e. The summed E-state index contributed by atoms with van der Waals surface area (Å²) in [7, 11) is 2.03. The van der Waals surface area contributed by atoms with Gasteiger partial charge < -0.3 is 25.2 Å². The zero-order chi connectivity index (χ0) is 28.4. The van der Waals surface area contributed by atoms with Gasteiger partial charge in [0.15, 0.2) is 0 Å². The van der Waals surface area contributed by atoms with Crippen molar-refractivity contribution in [1.29, 1.82) is 0 Å². The summed E-state index contributed by atoms with van der Waals surface area (Å²) in [6, 6.07) is -0.558. The Bertz CT molecular complexity index is 863. The first-order chi connectivity index (χ1) is 18.7. The quantitative estimate of drug-likeness (QED) is 0.101. The molecule has 11 nitrogen and oxygen atoms in total. The number of hydrogen-bond acceptors (Lipinski definition) is 9. The second-order valence-electron chi connectivity index (χ2n) is 10.9. The Morgan fingerprint density at radius 2 is 1.97 bits per heavy atom. The topological polar surface area (TPSA) is 135 Å². The fraction of sp³-hybridized carbons (Fsp3) is 0.815. The molecule has 5 atom stereocenters. The van der Waals surface area contributed by atoms with Gasteiger partial charge in [0.25, 0.3) is 0 Å². The molecule has 2 heterocycles. The molecule has 12 heteroatoms. The second kappa shape index (κ2) is 15.2. The largest absolute Gasteiger partial charge is 0.480 e. The van der Waals surface area contributed by atoms with E-state index in [2.05, 4.69) is 26.2 Å². The molecule has 3 rings (SSSR count). The van der Waals surface area contributed by atoms with Crippen molar-refractivity contribution in [2.24, 2.45) is 5.92 Å². The number of amides is 2. The van der Waals surface area contributed by atoms with Gasteiger partial charge in [-0.15, -0.1) is 0 Å². The number of carbonyl (C=O) groups is 3. The van der Waals surface area contributed by atoms with Gasteiger partial charge in [0, 0.05) is 44.2 Å². The van der Waals surface area contributed by atoms with Crippen molar-refractivity contribution in [3.63, 3.8) is 0 Å². The van der Waals surface area contributed by atoms with E-state index in [1.807, 2.05) is 26.1 Å². The van der Waals surface area contributed by atoms with Crippen molar-refractivity contribution in [1.82, 2.24) is 24.1 Å². The molecule has 2 saturated heterocycles. The highest BCUT2D eigenvalue weighted by atomic mass is 32.2. The molecular weight excluding hydrogens is 522 g/mol. The third-order valence-corrected chi connectivity index (χ3v) is 8.81. The molecule has 3 unspecified atom stereocenters. The maximum absolute atomic E-state index is 13.0. The summed E-state index contributed by atoms with van der Waals surface area (Å²) in [4.78, 5) is 39.0. The van der Waals surface area contributed by atoms with Crippen LogP contribution in [0.3, 0.4) is 0 Å². The van der Waals surface area contributed by atoms with Crippen molar-refractivity contribution in [2.75, 3.05) is 39.8 Å². The lowest BCUT2D eigenvalue weighted by Gasteiger charge is -2.33. The van der Waals surface area contributed by atoms with Crippen molar-refractivity contribution >= 4 is 30.1 Å². The Balaban J connectivity index is 1.46. The van der Waals surface area contributed by atoms with Gasteiger partial charge in [-0.25, -0.2) is 13.4 Å². The number of aliphatic carboxylic acids is 1. The van der Waals surface area contributed by atoms with Gasteiger partial charge in [-0.05, 0) is 52.0 Å². The molecule has 4 N–H and O–H groups in total. The number of allylic oxidation sites excluding steroid dienone is 1. The first kappa shape index (κ1) is 31.7. The van der Waals surface area contributed by atoms with Crippen molar-refractivity contribution in [2.45, 2.75) is 95.5 Å². The molecule has 3 aliphatic rings. The summed E-state index contributed by atoms with van der Waals surface area (Å²) >= 11 is 1.64. The Morgan fingerprint density at radius 1 is 1.18 bits per heavy atom. The van der Waals surface area contributed by atoms with E-state index in [0.717, 1.165) is 45.2 Å². The smallest absolute Gasteiger partial charge is 0.407 e. The lowest BCUT2D eigenvalue weighted by atomic mass is 10.1. The predicted molar refractivity (Wildman–Crippen MR) is 151 cm³/mol. The monoisotopic (exact) mass is 569 g/mol. The van der Waals surface area contributed by atoms with Crippen LogP contribution in [-0.4, -0.2) is 105 Å². The van der Waals surface area contributed by atoms with Crippen molar-refractivity contribution < 1.29 is 29.3 Å². The molecular formula is C27H47N5O6S. The zero-order valence-electron chi connectivity index (χ0n) is 23.6. The van der Waals surface area contributed by atoms with Gasteiger partial charge in [-0.3, -0.25) is 14.9 Å². The van der Waals surface area contributed by atoms with Gasteiger partial charge in [0.2, 0.25) is 5.91 Å². The van der Waals surface area contributed by atoms with Gasteiger partial charge >= 0.3 is 12.1 Å². The fourth-order valence-corrected chi connectivity index (χ4v) is 6.40. The molecule has 0 spiro atoms. The second-order valence-corrected chi connectivity index (χ2v) is 12.2. The minimum atomic E-state index is -1.21. The summed E-state index contributed by atoms with van der Waals surface area (Å²) in [5.74, 6) is -1.52. The zero-order valence-corrected chi connectivity index (χ0v) is 24.5. The van der Waals surface area contributed by atoms with Crippen molar-refractivity contribution in [3.8, 4) is 0 Å². The number of nitrogens with zero attached hydrogens (tertiary/aromatic N) is 3.